The molecule has 0 spiro atoms. The molecule has 5 N–H and O–H groups in total. The van der Waals surface area contributed by atoms with Crippen LogP contribution in [0.25, 0.3) is 27.9 Å². The number of aromatic hydroxyl groups is 1. The van der Waals surface area contributed by atoms with Gasteiger partial charge in [0.15, 0.2) is 11.5 Å². The predicted octanol–water partition coefficient (Wildman–Crippen LogP) is 3.11. The number of nitrogens with two attached hydrogens (primary N) is 1. The molecule has 0 bridgehead atoms. The van der Waals surface area contributed by atoms with Gasteiger partial charge in [0.1, 0.15) is 16.9 Å². The first-order valence-electron chi connectivity index (χ1n) is 11.1. The summed E-state index contributed by atoms with van der Waals surface area (Å²) in [7, 11) is 0. The van der Waals surface area contributed by atoms with Gasteiger partial charge in [-0.2, -0.15) is 9.50 Å². The Kier molecular flexibility index (Phi) is 5.27. The van der Waals surface area contributed by atoms with Crippen molar-refractivity contribution in [3.05, 3.63) is 24.0 Å². The second-order valence-electron chi connectivity index (χ2n) is 9.11. The van der Waals surface area contributed by atoms with Crippen LogP contribution < -0.4 is 11.1 Å². The van der Waals surface area contributed by atoms with Crippen molar-refractivity contribution >= 4 is 28.4 Å². The Balaban J connectivity index is 1.52. The Morgan fingerprint density at radius 2 is 1.97 bits per heavy atom. The predicted molar refractivity (Wildman–Crippen MR) is 123 cm³/mol. The molecule has 180 valence electrons. The number of aliphatic hydroxyl groups is 1. The molecule has 4 heterocycles. The van der Waals surface area contributed by atoms with Crippen LogP contribution in [0.1, 0.15) is 38.4 Å². The zero-order valence-electron chi connectivity index (χ0n) is 18.8. The molecule has 0 aliphatic heterocycles. The number of aryl methyl sites for hydroxylation is 1. The van der Waals surface area contributed by atoms with Gasteiger partial charge in [-0.05, 0) is 51.7 Å². The third-order valence-electron chi connectivity index (χ3n) is 6.40. The smallest absolute Gasteiger partial charge is 0.256 e. The van der Waals surface area contributed by atoms with Gasteiger partial charge in [0.2, 0.25) is 11.8 Å². The van der Waals surface area contributed by atoms with E-state index in [1.54, 1.807) is 19.1 Å². The minimum Gasteiger partial charge on any atom is -0.493 e. The van der Waals surface area contributed by atoms with Crippen molar-refractivity contribution in [3.8, 4) is 17.1 Å². The Labute approximate surface area is 193 Å². The van der Waals surface area contributed by atoms with Crippen molar-refractivity contribution in [1.29, 1.82) is 0 Å². The van der Waals surface area contributed by atoms with Crippen molar-refractivity contribution in [2.75, 3.05) is 11.1 Å². The van der Waals surface area contributed by atoms with E-state index in [1.165, 1.54) is 15.1 Å². The highest BCUT2D eigenvalue weighted by Gasteiger charge is 2.29. The molecule has 1 fully saturated rings. The average Bonchev–Trinajstić information content (AvgIpc) is 3.26. The Morgan fingerprint density at radius 3 is 2.68 bits per heavy atom. The summed E-state index contributed by atoms with van der Waals surface area (Å²) >= 11 is 0. The summed E-state index contributed by atoms with van der Waals surface area (Å²) in [6.07, 6.45) is 0.291. The molecule has 4 aromatic heterocycles. The average molecular weight is 473 g/mol. The fourth-order valence-electron chi connectivity index (χ4n) is 4.56. The highest BCUT2D eigenvalue weighted by molar-refractivity contribution is 5.89. The topological polar surface area (TPSA) is 139 Å². The third-order valence-corrected chi connectivity index (χ3v) is 6.40. The fraction of sp³-hybridized carbons (Fsp3) is 0.455. The molecule has 5 rings (SSSR count). The molecule has 1 saturated carbocycles. The van der Waals surface area contributed by atoms with Gasteiger partial charge in [-0.15, -0.1) is 5.10 Å². The molecular formula is C22H26F2N8O2. The fourth-order valence-corrected chi connectivity index (χ4v) is 4.56. The number of halogens is 2. The van der Waals surface area contributed by atoms with E-state index in [1.807, 2.05) is 6.92 Å². The van der Waals surface area contributed by atoms with Crippen LogP contribution in [0.3, 0.4) is 0 Å². The van der Waals surface area contributed by atoms with Gasteiger partial charge in [0, 0.05) is 17.7 Å². The Bertz CT molecular complexity index is 1370. The number of imidazole rings is 1. The number of alkyl halides is 2. The Morgan fingerprint density at radius 1 is 1.24 bits per heavy atom. The van der Waals surface area contributed by atoms with E-state index in [2.05, 4.69) is 25.4 Å². The molecule has 0 aromatic carbocycles. The van der Waals surface area contributed by atoms with Crippen LogP contribution in [0.2, 0.25) is 0 Å². The molecule has 10 nitrogen and oxygen atoms in total. The second kappa shape index (κ2) is 8.05. The first-order valence-corrected chi connectivity index (χ1v) is 11.1. The monoisotopic (exact) mass is 472 g/mol. The van der Waals surface area contributed by atoms with Crippen LogP contribution in [0.4, 0.5) is 20.5 Å². The quantitative estimate of drug-likeness (QED) is 0.347. The van der Waals surface area contributed by atoms with Gasteiger partial charge in [0.05, 0.1) is 17.8 Å². The van der Waals surface area contributed by atoms with Crippen molar-refractivity contribution in [1.82, 2.24) is 29.1 Å². The minimum atomic E-state index is -2.55. The SMILES string of the molecule is Cc1nc2ccc(-c3cc(O)n4nc(NC5CCC(C)(O)CC5)nc(N)c34)nc2n1CC(F)F. The lowest BCUT2D eigenvalue weighted by molar-refractivity contribution is 0.0195. The summed E-state index contributed by atoms with van der Waals surface area (Å²) < 4.78 is 28.8. The summed E-state index contributed by atoms with van der Waals surface area (Å²) in [6.45, 7) is 2.96. The van der Waals surface area contributed by atoms with Gasteiger partial charge < -0.3 is 25.8 Å². The minimum absolute atomic E-state index is 0.0803. The van der Waals surface area contributed by atoms with Crippen LogP contribution in [-0.2, 0) is 6.54 Å². The van der Waals surface area contributed by atoms with Crippen molar-refractivity contribution in [2.24, 2.45) is 0 Å². The lowest BCUT2D eigenvalue weighted by Gasteiger charge is -2.33. The molecule has 0 amide bonds. The normalized spacial score (nSPS) is 21.1. The van der Waals surface area contributed by atoms with E-state index in [-0.39, 0.29) is 23.7 Å². The van der Waals surface area contributed by atoms with Crippen LogP contribution >= 0.6 is 0 Å². The van der Waals surface area contributed by atoms with Gasteiger partial charge >= 0.3 is 0 Å². The maximum Gasteiger partial charge on any atom is 0.256 e. The highest BCUT2D eigenvalue weighted by Crippen LogP contribution is 2.34. The van der Waals surface area contributed by atoms with Crippen LogP contribution in [-0.4, -0.2) is 57.4 Å². The molecule has 0 atom stereocenters. The molecule has 4 aromatic rings. The van der Waals surface area contributed by atoms with E-state index in [0.29, 0.717) is 46.6 Å². The molecular weight excluding hydrogens is 446 g/mol. The molecule has 1 aliphatic rings. The molecule has 0 radical (unpaired) electrons. The summed E-state index contributed by atoms with van der Waals surface area (Å²) in [5.41, 5.74) is 7.67. The molecule has 0 unspecified atom stereocenters. The summed E-state index contributed by atoms with van der Waals surface area (Å²) in [5, 5.41) is 28.4. The summed E-state index contributed by atoms with van der Waals surface area (Å²) in [4.78, 5) is 13.2. The lowest BCUT2D eigenvalue weighted by atomic mass is 9.84. The third kappa shape index (κ3) is 3.98. The standard InChI is InChI=1S/C22H26F2N8O2/c1-11-26-15-4-3-14(28-20(15)31(11)10-16(23)24)13-9-17(33)32-18(13)19(25)29-21(30-32)27-12-5-7-22(2,34)8-6-12/h3-4,9,12,16,33-34H,5-8,10H2,1-2H3,(H3,25,27,29,30). The highest BCUT2D eigenvalue weighted by atomic mass is 19.3. The van der Waals surface area contributed by atoms with E-state index in [0.717, 1.165) is 12.8 Å². The van der Waals surface area contributed by atoms with Crippen molar-refractivity contribution in [3.63, 3.8) is 0 Å². The van der Waals surface area contributed by atoms with Crippen LogP contribution in [0, 0.1) is 6.92 Å². The number of nitrogens with one attached hydrogen (secondary N) is 1. The number of fused-ring (bicyclic) bond motifs is 2. The van der Waals surface area contributed by atoms with E-state index >= 15 is 0 Å². The zero-order valence-corrected chi connectivity index (χ0v) is 18.8. The molecule has 12 heteroatoms. The number of hydrogen-bond acceptors (Lipinski definition) is 8. The number of aromatic nitrogens is 6. The lowest BCUT2D eigenvalue weighted by Crippen LogP contribution is -2.36. The first-order chi connectivity index (χ1) is 16.1. The Hall–Kier alpha value is -3.54. The largest absolute Gasteiger partial charge is 0.493 e. The van der Waals surface area contributed by atoms with E-state index < -0.39 is 18.6 Å². The number of nitrogens with zero attached hydrogens (tertiary/aromatic N) is 6. The summed E-state index contributed by atoms with van der Waals surface area (Å²) in [5.74, 6) is 0.679. The van der Waals surface area contributed by atoms with Crippen LogP contribution in [0.5, 0.6) is 5.88 Å². The van der Waals surface area contributed by atoms with Crippen LogP contribution in [0.15, 0.2) is 18.2 Å². The number of hydrogen-bond donors (Lipinski definition) is 4. The number of anilines is 2. The number of pyridine rings is 1. The van der Waals surface area contributed by atoms with Crippen molar-refractivity contribution in [2.45, 2.75) is 64.1 Å². The summed E-state index contributed by atoms with van der Waals surface area (Å²) in [6, 6.07) is 4.93. The van der Waals surface area contributed by atoms with Gasteiger partial charge in [0.25, 0.3) is 6.43 Å². The maximum atomic E-state index is 13.1. The molecule has 34 heavy (non-hydrogen) atoms. The first kappa shape index (κ1) is 22.3. The maximum absolute atomic E-state index is 13.1. The van der Waals surface area contributed by atoms with Gasteiger partial charge in [-0.25, -0.2) is 18.7 Å². The number of rotatable bonds is 5. The van der Waals surface area contributed by atoms with Crippen molar-refractivity contribution < 1.29 is 19.0 Å². The zero-order chi connectivity index (χ0) is 24.2. The van der Waals surface area contributed by atoms with Gasteiger partial charge in [-0.3, -0.25) is 0 Å². The molecule has 0 saturated heterocycles. The second-order valence-corrected chi connectivity index (χ2v) is 9.11. The molecule has 1 aliphatic carbocycles. The van der Waals surface area contributed by atoms with E-state index in [9.17, 15) is 19.0 Å². The number of nitrogen functional groups attached to an aromatic ring is 1. The van der Waals surface area contributed by atoms with Gasteiger partial charge in [-0.1, -0.05) is 0 Å². The van der Waals surface area contributed by atoms with E-state index in [4.69, 9.17) is 5.73 Å².